The number of amides is 2. The number of carbonyl (C=O) groups excluding carboxylic acids is 14. The number of rotatable bonds is 43. The van der Waals surface area contributed by atoms with Crippen LogP contribution in [0.1, 0.15) is 164 Å². The number of esters is 12. The fourth-order valence-electron chi connectivity index (χ4n) is 12.1. The van der Waals surface area contributed by atoms with E-state index in [0.29, 0.717) is 26.4 Å². The van der Waals surface area contributed by atoms with Crippen molar-refractivity contribution < 1.29 is 208 Å². The maximum absolute atomic E-state index is 13.2. The molecule has 2 amide bonds. The Morgan fingerprint density at radius 1 is 0.328 bits per heavy atom. The summed E-state index contributed by atoms with van der Waals surface area (Å²) in [5.41, 5.74) is -0.0887. The Labute approximate surface area is 751 Å². The lowest BCUT2D eigenvalue weighted by Crippen LogP contribution is -2.63. The number of benzene rings is 4. The van der Waals surface area contributed by atoms with E-state index in [1.807, 2.05) is 6.92 Å². The average Bonchev–Trinajstić information content (AvgIpc) is 0.783. The van der Waals surface area contributed by atoms with E-state index in [4.69, 9.17) is 118 Å². The van der Waals surface area contributed by atoms with Crippen LogP contribution in [0.2, 0.25) is 0 Å². The van der Waals surface area contributed by atoms with E-state index in [1.165, 1.54) is 63.6 Å². The molecule has 0 spiro atoms. The van der Waals surface area contributed by atoms with Gasteiger partial charge in [-0.25, -0.2) is 9.59 Å². The lowest BCUT2D eigenvalue weighted by molar-refractivity contribution is -0.288. The second kappa shape index (κ2) is 53.7. The molecule has 47 heteroatoms. The topological polar surface area (TPSA) is 593 Å². The highest BCUT2D eigenvalue weighted by molar-refractivity contribution is 7.82. The molecule has 7 rings (SSSR count). The van der Waals surface area contributed by atoms with Crippen LogP contribution in [0.25, 0.3) is 0 Å². The zero-order valence-electron chi connectivity index (χ0n) is 74.3. The van der Waals surface area contributed by atoms with Crippen LogP contribution in [0.15, 0.2) is 78.9 Å². The molecule has 722 valence electrons. The first kappa shape index (κ1) is 108. The normalized spacial score (nSPS) is 21.1. The number of aromatic carboxylic acids is 2. The van der Waals surface area contributed by atoms with Crippen molar-refractivity contribution in [3.05, 3.63) is 101 Å². The van der Waals surface area contributed by atoms with Gasteiger partial charge in [0.15, 0.2) is 71.1 Å². The molecule has 3 saturated heterocycles. The molecule has 4 N–H and O–H groups in total. The Hall–Kier alpha value is -13.3. The monoisotopic (exact) mass is 1880 g/mol. The van der Waals surface area contributed by atoms with Gasteiger partial charge in [-0.2, -0.15) is 0 Å². The minimum atomic E-state index is -5.06. The first-order chi connectivity index (χ1) is 61.9. The van der Waals surface area contributed by atoms with Gasteiger partial charge in [0.1, 0.15) is 43.9 Å². The van der Waals surface area contributed by atoms with Crippen LogP contribution < -0.4 is 42.7 Å². The highest BCUT2D eigenvalue weighted by Crippen LogP contribution is 2.40. The second-order valence-corrected chi connectivity index (χ2v) is 29.3. The molecule has 0 radical (unpaired) electrons. The molecule has 0 aliphatic carbocycles. The van der Waals surface area contributed by atoms with Gasteiger partial charge in [0.05, 0.1) is 38.6 Å². The van der Waals surface area contributed by atoms with E-state index in [-0.39, 0.29) is 70.1 Å². The third-order valence-electron chi connectivity index (χ3n) is 17.5. The average molecular weight is 1880 g/mol. The molecule has 3 fully saturated rings. The standard InChI is InChI=1S/C34H41NO18S.C28H39NO13.C22H26O13/c1-6-7-15-45-16-14-35-32(40)24-10-13-26(27(17-24)53-54(43,44)52-25-11-8-23(9-12-25)33(41)42)50-34-31(49-22(5)39)30(48-21(4)38)29(47-20(3)37)28(51-34)18-46-19(2)36;1-7-8-12-36-13-11-29-27(34)20-9-10-21(22(14-20)35-6)41-28-26(40-19(5)33)25(39-18(4)32)24(38-17(3)31)23(42-28)15-37-16(2)30;1-10(23)30-9-17-18(31-11(2)24)19(32-12(3)25)20(33-13(4)26)22(35-17)34-15-7-6-14(21(27)28)8-16(15)29-5/h8-13,17,28-31,34H,6-7,14-16,18H2,1-5H3,(H,35,40)(H,41,42);9-10,14,23-26,28H,7-8,11-13,15H2,1-6H3,(H,29,34);6-8,17-20,22H,9H2,1-5H3,(H,27,28)/t28-,29+,30+,31+,34?;23-,24+,25+,26+,28?;17-,18+,19+,20+,22?/m111/s1. The number of hydrogen-bond donors (Lipinski definition) is 4. The third kappa shape index (κ3) is 36.7. The van der Waals surface area contributed by atoms with Gasteiger partial charge in [-0.3, -0.25) is 67.1 Å². The summed E-state index contributed by atoms with van der Waals surface area (Å²) in [6.07, 6.45) is -18.0. The van der Waals surface area contributed by atoms with Crippen molar-refractivity contribution >= 4 is 106 Å². The molecular weight excluding hydrogens is 1770 g/mol. The minimum absolute atomic E-state index is 0.00148. The second-order valence-electron chi connectivity index (χ2n) is 28.1. The number of ether oxygens (including phenoxy) is 22. The molecule has 3 unspecified atom stereocenters. The third-order valence-corrected chi connectivity index (χ3v) is 18.2. The largest absolute Gasteiger partial charge is 0.501 e. The highest BCUT2D eigenvalue weighted by Gasteiger charge is 2.57. The fourth-order valence-corrected chi connectivity index (χ4v) is 12.8. The van der Waals surface area contributed by atoms with Crippen molar-refractivity contribution in [3.8, 4) is 40.2 Å². The van der Waals surface area contributed by atoms with Crippen LogP contribution in [0, 0.1) is 0 Å². The Morgan fingerprint density at radius 2 is 0.603 bits per heavy atom. The van der Waals surface area contributed by atoms with E-state index < -0.39 is 223 Å². The van der Waals surface area contributed by atoms with Crippen molar-refractivity contribution in [1.29, 1.82) is 0 Å². The Morgan fingerprint density at radius 3 is 0.893 bits per heavy atom. The van der Waals surface area contributed by atoms with Gasteiger partial charge in [-0.05, 0) is 91.7 Å². The summed E-state index contributed by atoms with van der Waals surface area (Å²) >= 11 is 0. The maximum atomic E-state index is 13.2. The van der Waals surface area contributed by atoms with Crippen molar-refractivity contribution in [3.63, 3.8) is 0 Å². The highest BCUT2D eigenvalue weighted by atomic mass is 32.3. The van der Waals surface area contributed by atoms with Gasteiger partial charge < -0.3 is 133 Å². The van der Waals surface area contributed by atoms with Crippen LogP contribution >= 0.6 is 0 Å². The summed E-state index contributed by atoms with van der Waals surface area (Å²) in [4.78, 5) is 191. The maximum Gasteiger partial charge on any atom is 0.501 e. The predicted molar refractivity (Wildman–Crippen MR) is 437 cm³/mol. The SMILES string of the molecule is CCCCOCCNC(=O)c1ccc(OC2O[C@H](COC(C)=O)[C@H](OC(C)=O)[C@H](OC(C)=O)[C@@H]2OC(C)=O)c(OC)c1.CCCCOCCNC(=O)c1ccc(OC2O[C@H](COC(C)=O)[C@H](OC(C)=O)[C@H](OC(C)=O)[C@@H]2OC(C)=O)c(OS(=O)(=O)Oc2ccc(C(=O)O)cc2)c1.COc1cc(C(=O)O)ccc1OC1O[C@H](COC(C)=O)[C@H](OC(C)=O)[C@H](OC(C)=O)[C@@H]1OC(C)=O. The molecule has 131 heavy (non-hydrogen) atoms. The quantitative estimate of drug-likeness (QED) is 0.0266. The Bertz CT molecular complexity index is 4730. The van der Waals surface area contributed by atoms with Gasteiger partial charge in [-0.1, -0.05) is 26.7 Å². The Kier molecular flexibility index (Phi) is 44.3. The van der Waals surface area contributed by atoms with Crippen molar-refractivity contribution in [2.24, 2.45) is 0 Å². The number of carbonyl (C=O) groups is 16. The van der Waals surface area contributed by atoms with Gasteiger partial charge in [0.25, 0.3) is 11.8 Å². The van der Waals surface area contributed by atoms with E-state index in [0.717, 1.165) is 138 Å². The predicted octanol–water partition coefficient (Wildman–Crippen LogP) is 4.65. The zero-order chi connectivity index (χ0) is 97.5. The fraction of sp³-hybridized carbons (Fsp3) is 0.524. The molecule has 46 nitrogen and oxygen atoms in total. The zero-order valence-corrected chi connectivity index (χ0v) is 75.1. The van der Waals surface area contributed by atoms with Crippen molar-refractivity contribution in [2.45, 2.75) is 215 Å². The summed E-state index contributed by atoms with van der Waals surface area (Å²) in [6, 6.07) is 15.7. The van der Waals surface area contributed by atoms with Gasteiger partial charge in [-0.15, -0.1) is 8.42 Å². The van der Waals surface area contributed by atoms with Crippen LogP contribution in [0.4, 0.5) is 0 Å². The molecule has 3 aliphatic rings. The van der Waals surface area contributed by atoms with Crippen molar-refractivity contribution in [1.82, 2.24) is 10.6 Å². The number of unbranched alkanes of at least 4 members (excludes halogenated alkanes) is 2. The molecule has 4 aromatic carbocycles. The molecular formula is C84H106N2O44S. The summed E-state index contributed by atoms with van der Waals surface area (Å²) < 4.78 is 157. The van der Waals surface area contributed by atoms with Gasteiger partial charge >= 0.3 is 94.0 Å². The van der Waals surface area contributed by atoms with Crippen LogP contribution in [0.5, 0.6) is 40.2 Å². The smallest absolute Gasteiger partial charge is 0.493 e. The lowest BCUT2D eigenvalue weighted by atomic mass is 9.98. The first-order valence-corrected chi connectivity index (χ1v) is 41.6. The lowest BCUT2D eigenvalue weighted by Gasteiger charge is -2.44. The summed E-state index contributed by atoms with van der Waals surface area (Å²) in [5, 5.41) is 23.7. The number of carboxylic acids is 2. The summed E-state index contributed by atoms with van der Waals surface area (Å²) in [7, 11) is -2.42. The minimum Gasteiger partial charge on any atom is -0.493 e. The molecule has 3 aliphatic heterocycles. The summed E-state index contributed by atoms with van der Waals surface area (Å²) in [6.45, 7) is 17.9. The van der Waals surface area contributed by atoms with E-state index in [9.17, 15) is 90.2 Å². The van der Waals surface area contributed by atoms with Crippen molar-refractivity contribution in [2.75, 3.05) is 73.6 Å². The van der Waals surface area contributed by atoms with Crippen LogP contribution in [-0.2, 0) is 148 Å². The number of carboxylic acid groups (broad SMARTS) is 2. The molecule has 15 atom stereocenters. The van der Waals surface area contributed by atoms with Gasteiger partial charge in [0.2, 0.25) is 37.2 Å². The van der Waals surface area contributed by atoms with E-state index in [2.05, 4.69) is 17.6 Å². The number of hydrogen-bond acceptors (Lipinski definition) is 42. The van der Waals surface area contributed by atoms with E-state index >= 15 is 0 Å². The first-order valence-electron chi connectivity index (χ1n) is 40.2. The summed E-state index contributed by atoms with van der Waals surface area (Å²) in [5.74, 6) is -14.2. The molecule has 4 aromatic rings. The molecule has 0 aromatic heterocycles. The number of methoxy groups -OCH3 is 2. The van der Waals surface area contributed by atoms with Crippen LogP contribution in [0.3, 0.4) is 0 Å². The Balaban J connectivity index is 0.000000357. The van der Waals surface area contributed by atoms with E-state index in [1.54, 1.807) is 0 Å². The van der Waals surface area contributed by atoms with Gasteiger partial charge in [0, 0.05) is 121 Å². The molecule has 0 saturated carbocycles. The molecule has 0 bridgehead atoms. The molecule has 3 heterocycles. The number of nitrogens with one attached hydrogen (secondary N) is 2. The van der Waals surface area contributed by atoms with Crippen LogP contribution in [-0.4, -0.2) is 280 Å².